The van der Waals surface area contributed by atoms with Gasteiger partial charge in [-0.15, -0.1) is 0 Å². The van der Waals surface area contributed by atoms with Gasteiger partial charge in [-0.05, 0) is 40.0 Å². The minimum atomic E-state index is -0.576. The van der Waals surface area contributed by atoms with Gasteiger partial charge in [0, 0.05) is 0 Å². The summed E-state index contributed by atoms with van der Waals surface area (Å²) < 4.78 is 24.8. The molecule has 0 aromatic heterocycles. The second-order valence-electron chi connectivity index (χ2n) is 5.03. The second-order valence-corrected chi connectivity index (χ2v) is 5.88. The maximum Gasteiger partial charge on any atom is 0.342 e. The highest BCUT2D eigenvalue weighted by molar-refractivity contribution is 9.10. The first-order valence-electron chi connectivity index (χ1n) is 7.44. The van der Waals surface area contributed by atoms with Gasteiger partial charge in [-0.3, -0.25) is 0 Å². The number of hydrogen-bond donors (Lipinski definition) is 0. The smallest absolute Gasteiger partial charge is 0.342 e. The Morgan fingerprint density at radius 2 is 1.96 bits per heavy atom. The van der Waals surface area contributed by atoms with Crippen molar-refractivity contribution in [2.24, 2.45) is 0 Å². The van der Waals surface area contributed by atoms with E-state index in [1.54, 1.807) is 0 Å². The van der Waals surface area contributed by atoms with Crippen molar-refractivity contribution in [3.8, 4) is 5.75 Å². The van der Waals surface area contributed by atoms with Crippen LogP contribution in [0.4, 0.5) is 4.39 Å². The molecule has 0 amide bonds. The van der Waals surface area contributed by atoms with Crippen molar-refractivity contribution in [2.75, 3.05) is 6.61 Å². The highest BCUT2D eigenvalue weighted by Gasteiger charge is 2.18. The van der Waals surface area contributed by atoms with Crippen LogP contribution in [0.3, 0.4) is 0 Å². The van der Waals surface area contributed by atoms with E-state index in [-0.39, 0.29) is 16.6 Å². The van der Waals surface area contributed by atoms with E-state index < -0.39 is 11.8 Å². The summed E-state index contributed by atoms with van der Waals surface area (Å²) >= 11 is 3.11. The van der Waals surface area contributed by atoms with E-state index in [4.69, 9.17) is 9.47 Å². The predicted molar refractivity (Wildman–Crippen MR) is 90.1 cm³/mol. The summed E-state index contributed by atoms with van der Waals surface area (Å²) in [6, 6.07) is 12.1. The molecular weight excluding hydrogens is 363 g/mol. The fourth-order valence-electron chi connectivity index (χ4n) is 1.93. The van der Waals surface area contributed by atoms with Gasteiger partial charge in [0.05, 0.1) is 11.1 Å². The monoisotopic (exact) mass is 380 g/mol. The molecule has 0 heterocycles. The van der Waals surface area contributed by atoms with Crippen LogP contribution in [-0.2, 0) is 11.3 Å². The lowest BCUT2D eigenvalue weighted by molar-refractivity contribution is 0.0494. The van der Waals surface area contributed by atoms with Crippen LogP contribution in [0.15, 0.2) is 46.9 Å². The number of carbonyl (C=O) groups is 1. The fraction of sp³-hybridized carbons (Fsp3) is 0.278. The van der Waals surface area contributed by atoms with Crippen LogP contribution in [0, 0.1) is 5.82 Å². The summed E-state index contributed by atoms with van der Waals surface area (Å²) in [6.07, 6.45) is 1.68. The zero-order valence-electron chi connectivity index (χ0n) is 12.9. The number of benzene rings is 2. The Labute approximate surface area is 143 Å². The number of halogens is 2. The van der Waals surface area contributed by atoms with Gasteiger partial charge in [0.2, 0.25) is 0 Å². The largest absolute Gasteiger partial charge is 0.488 e. The van der Waals surface area contributed by atoms with Gasteiger partial charge >= 0.3 is 5.97 Å². The molecule has 2 rings (SSSR count). The lowest BCUT2D eigenvalue weighted by atomic mass is 10.2. The summed E-state index contributed by atoms with van der Waals surface area (Å²) in [6.45, 7) is 2.60. The Balaban J connectivity index is 2.16. The first-order valence-corrected chi connectivity index (χ1v) is 8.24. The van der Waals surface area contributed by atoms with E-state index in [9.17, 15) is 9.18 Å². The van der Waals surface area contributed by atoms with E-state index in [2.05, 4.69) is 15.9 Å². The third kappa shape index (κ3) is 5.06. The predicted octanol–water partition coefficient (Wildman–Crippen LogP) is 5.12. The van der Waals surface area contributed by atoms with Crippen molar-refractivity contribution in [3.63, 3.8) is 0 Å². The van der Waals surface area contributed by atoms with Crippen molar-refractivity contribution in [3.05, 3.63) is 63.9 Å². The topological polar surface area (TPSA) is 35.5 Å². The summed E-state index contributed by atoms with van der Waals surface area (Å²) in [5, 5.41) is 0. The quantitative estimate of drug-likeness (QED) is 0.493. The Kier molecular flexibility index (Phi) is 6.59. The van der Waals surface area contributed by atoms with Crippen molar-refractivity contribution < 1.29 is 18.7 Å². The Morgan fingerprint density at radius 1 is 1.22 bits per heavy atom. The van der Waals surface area contributed by atoms with E-state index in [1.807, 2.05) is 37.3 Å². The molecule has 0 unspecified atom stereocenters. The summed E-state index contributed by atoms with van der Waals surface area (Å²) in [7, 11) is 0. The molecular formula is C18H18BrFO3. The lowest BCUT2D eigenvalue weighted by Crippen LogP contribution is -2.10. The molecule has 0 saturated heterocycles. The number of unbranched alkanes of at least 4 members (excludes halogenated alkanes) is 1. The van der Waals surface area contributed by atoms with E-state index in [0.29, 0.717) is 12.4 Å². The van der Waals surface area contributed by atoms with Crippen LogP contribution >= 0.6 is 15.9 Å². The highest BCUT2D eigenvalue weighted by Crippen LogP contribution is 2.28. The first-order chi connectivity index (χ1) is 11.1. The molecule has 0 aliphatic carbocycles. The molecule has 0 aliphatic heterocycles. The van der Waals surface area contributed by atoms with Gasteiger partial charge in [0.25, 0.3) is 0 Å². The molecule has 0 fully saturated rings. The average molecular weight is 381 g/mol. The van der Waals surface area contributed by atoms with Crippen molar-refractivity contribution in [2.45, 2.75) is 26.4 Å². The van der Waals surface area contributed by atoms with Crippen LogP contribution in [0.2, 0.25) is 0 Å². The van der Waals surface area contributed by atoms with Crippen molar-refractivity contribution in [1.29, 1.82) is 0 Å². The molecule has 2 aromatic carbocycles. The molecule has 0 bridgehead atoms. The van der Waals surface area contributed by atoms with Crippen molar-refractivity contribution in [1.82, 2.24) is 0 Å². The molecule has 0 atom stereocenters. The summed E-state index contributed by atoms with van der Waals surface area (Å²) in [4.78, 5) is 12.1. The van der Waals surface area contributed by atoms with Crippen LogP contribution in [0.1, 0.15) is 35.7 Å². The average Bonchev–Trinajstić information content (AvgIpc) is 2.56. The maximum absolute atomic E-state index is 13.8. The maximum atomic E-state index is 13.8. The SMILES string of the molecule is CCCCOC(=O)c1cc(F)c(Br)cc1OCc1ccccc1. The van der Waals surface area contributed by atoms with Crippen LogP contribution < -0.4 is 4.74 Å². The molecule has 0 N–H and O–H groups in total. The lowest BCUT2D eigenvalue weighted by Gasteiger charge is -2.12. The summed E-state index contributed by atoms with van der Waals surface area (Å²) in [5.74, 6) is -0.809. The zero-order valence-corrected chi connectivity index (χ0v) is 14.4. The van der Waals surface area contributed by atoms with Gasteiger partial charge < -0.3 is 9.47 Å². The number of ether oxygens (including phenoxy) is 2. The van der Waals surface area contributed by atoms with Crippen LogP contribution in [-0.4, -0.2) is 12.6 Å². The number of carbonyl (C=O) groups excluding carboxylic acids is 1. The molecule has 0 spiro atoms. The Hall–Kier alpha value is -1.88. The molecule has 0 saturated carbocycles. The zero-order chi connectivity index (χ0) is 16.7. The molecule has 5 heteroatoms. The molecule has 3 nitrogen and oxygen atoms in total. The normalized spacial score (nSPS) is 10.4. The molecule has 0 radical (unpaired) electrons. The molecule has 122 valence electrons. The highest BCUT2D eigenvalue weighted by atomic mass is 79.9. The van der Waals surface area contributed by atoms with E-state index in [0.717, 1.165) is 24.5 Å². The standard InChI is InChI=1S/C18H18BrFO3/c1-2-3-9-22-18(21)14-10-16(20)15(19)11-17(14)23-12-13-7-5-4-6-8-13/h4-8,10-11H,2-3,9,12H2,1H3. The van der Waals surface area contributed by atoms with Crippen molar-refractivity contribution >= 4 is 21.9 Å². The third-order valence-corrected chi connectivity index (χ3v) is 3.82. The minimum absolute atomic E-state index is 0.0951. The van der Waals surface area contributed by atoms with Gasteiger partial charge in [-0.1, -0.05) is 43.7 Å². The van der Waals surface area contributed by atoms with Crippen LogP contribution in [0.5, 0.6) is 5.75 Å². The fourth-order valence-corrected chi connectivity index (χ4v) is 2.25. The molecule has 2 aromatic rings. The Morgan fingerprint density at radius 3 is 2.65 bits per heavy atom. The Bertz CT molecular complexity index is 659. The first kappa shape index (κ1) is 17.5. The van der Waals surface area contributed by atoms with Crippen LogP contribution in [0.25, 0.3) is 0 Å². The number of esters is 1. The summed E-state index contributed by atoms with van der Waals surface area (Å²) in [5.41, 5.74) is 1.05. The van der Waals surface area contributed by atoms with Gasteiger partial charge in [-0.25, -0.2) is 9.18 Å². The van der Waals surface area contributed by atoms with Gasteiger partial charge in [0.1, 0.15) is 23.7 Å². The second kappa shape index (κ2) is 8.67. The molecule has 23 heavy (non-hydrogen) atoms. The minimum Gasteiger partial charge on any atom is -0.488 e. The molecule has 0 aliphatic rings. The van der Waals surface area contributed by atoms with E-state index >= 15 is 0 Å². The number of hydrogen-bond acceptors (Lipinski definition) is 3. The van der Waals surface area contributed by atoms with Gasteiger partial charge in [0.15, 0.2) is 0 Å². The van der Waals surface area contributed by atoms with Gasteiger partial charge in [-0.2, -0.15) is 0 Å². The number of rotatable bonds is 7. The third-order valence-electron chi connectivity index (χ3n) is 3.21. The van der Waals surface area contributed by atoms with E-state index in [1.165, 1.54) is 6.07 Å².